The molecule has 1 aromatic heterocycles. The predicted molar refractivity (Wildman–Crippen MR) is 65.0 cm³/mol. The summed E-state index contributed by atoms with van der Waals surface area (Å²) >= 11 is 0. The van der Waals surface area contributed by atoms with E-state index in [2.05, 4.69) is 23.8 Å². The van der Waals surface area contributed by atoms with Crippen molar-refractivity contribution in [3.8, 4) is 5.75 Å². The van der Waals surface area contributed by atoms with Gasteiger partial charge in [0.15, 0.2) is 0 Å². The van der Waals surface area contributed by atoms with Crippen LogP contribution in [-0.2, 0) is 13.0 Å². The van der Waals surface area contributed by atoms with Crippen molar-refractivity contribution in [2.75, 3.05) is 13.7 Å². The Morgan fingerprint density at radius 2 is 2.19 bits per heavy atom. The molecule has 0 aliphatic carbocycles. The van der Waals surface area contributed by atoms with Crippen LogP contribution in [0.2, 0.25) is 0 Å². The maximum atomic E-state index is 9.07. The molecule has 0 fully saturated rings. The first-order valence-corrected chi connectivity index (χ1v) is 5.57. The topological polar surface area (TPSA) is 34.4 Å². The Bertz CT molecular complexity index is 488. The van der Waals surface area contributed by atoms with Gasteiger partial charge in [0.05, 0.1) is 12.6 Å². The number of benzene rings is 1. The number of hydrogen-bond donors (Lipinski definition) is 1. The van der Waals surface area contributed by atoms with Gasteiger partial charge in [-0.3, -0.25) is 0 Å². The number of aryl methyl sites for hydroxylation is 1. The number of aliphatic hydroxyl groups is 1. The lowest BCUT2D eigenvalue weighted by Crippen LogP contribution is -1.91. The second-order valence-electron chi connectivity index (χ2n) is 3.77. The standard InChI is InChI=1S/C13H17NO2/c1-3-14-9-10(7-8-15)13-11(14)5-4-6-12(13)16-2/h4-6,9,15H,3,7-8H2,1-2H3. The molecule has 0 spiro atoms. The van der Waals surface area contributed by atoms with Crippen LogP contribution in [0.25, 0.3) is 10.9 Å². The summed E-state index contributed by atoms with van der Waals surface area (Å²) in [6, 6.07) is 6.04. The molecule has 0 saturated carbocycles. The van der Waals surface area contributed by atoms with Gasteiger partial charge in [-0.1, -0.05) is 6.07 Å². The fraction of sp³-hybridized carbons (Fsp3) is 0.385. The molecule has 1 N–H and O–H groups in total. The number of fused-ring (bicyclic) bond motifs is 1. The van der Waals surface area contributed by atoms with E-state index in [9.17, 15) is 0 Å². The van der Waals surface area contributed by atoms with Crippen molar-refractivity contribution in [2.24, 2.45) is 0 Å². The molecular formula is C13H17NO2. The number of methoxy groups -OCH3 is 1. The number of hydrogen-bond acceptors (Lipinski definition) is 2. The lowest BCUT2D eigenvalue weighted by atomic mass is 10.1. The van der Waals surface area contributed by atoms with Crippen LogP contribution in [0.1, 0.15) is 12.5 Å². The fourth-order valence-corrected chi connectivity index (χ4v) is 2.15. The molecule has 0 bridgehead atoms. The summed E-state index contributed by atoms with van der Waals surface area (Å²) < 4.78 is 7.56. The van der Waals surface area contributed by atoms with Crippen molar-refractivity contribution < 1.29 is 9.84 Å². The van der Waals surface area contributed by atoms with Crippen LogP contribution in [0.4, 0.5) is 0 Å². The van der Waals surface area contributed by atoms with E-state index in [0.29, 0.717) is 6.42 Å². The summed E-state index contributed by atoms with van der Waals surface area (Å²) in [5, 5.41) is 10.2. The number of ether oxygens (including phenoxy) is 1. The Morgan fingerprint density at radius 3 is 2.81 bits per heavy atom. The molecule has 0 aliphatic heterocycles. The minimum atomic E-state index is 0.168. The van der Waals surface area contributed by atoms with Crippen molar-refractivity contribution in [1.82, 2.24) is 4.57 Å². The van der Waals surface area contributed by atoms with Crippen molar-refractivity contribution in [3.05, 3.63) is 30.0 Å². The van der Waals surface area contributed by atoms with E-state index in [1.165, 1.54) is 5.52 Å². The smallest absolute Gasteiger partial charge is 0.128 e. The zero-order valence-corrected chi connectivity index (χ0v) is 9.73. The monoisotopic (exact) mass is 219 g/mol. The summed E-state index contributed by atoms with van der Waals surface area (Å²) in [4.78, 5) is 0. The summed E-state index contributed by atoms with van der Waals surface area (Å²) in [7, 11) is 1.68. The van der Waals surface area contributed by atoms with E-state index in [-0.39, 0.29) is 6.61 Å². The molecular weight excluding hydrogens is 202 g/mol. The highest BCUT2D eigenvalue weighted by Crippen LogP contribution is 2.30. The third-order valence-electron chi connectivity index (χ3n) is 2.89. The lowest BCUT2D eigenvalue weighted by Gasteiger charge is -2.04. The second kappa shape index (κ2) is 4.58. The largest absolute Gasteiger partial charge is 0.496 e. The zero-order chi connectivity index (χ0) is 11.5. The van der Waals surface area contributed by atoms with Gasteiger partial charge in [-0.25, -0.2) is 0 Å². The predicted octanol–water partition coefficient (Wildman–Crippen LogP) is 2.20. The highest BCUT2D eigenvalue weighted by Gasteiger charge is 2.11. The lowest BCUT2D eigenvalue weighted by molar-refractivity contribution is 0.300. The molecule has 0 atom stereocenters. The molecule has 3 nitrogen and oxygen atoms in total. The minimum Gasteiger partial charge on any atom is -0.496 e. The number of aliphatic hydroxyl groups excluding tert-OH is 1. The van der Waals surface area contributed by atoms with Gasteiger partial charge in [0.25, 0.3) is 0 Å². The summed E-state index contributed by atoms with van der Waals surface area (Å²) in [5.41, 5.74) is 2.32. The Labute approximate surface area is 95.3 Å². The van der Waals surface area contributed by atoms with Crippen LogP contribution >= 0.6 is 0 Å². The van der Waals surface area contributed by atoms with Gasteiger partial charge in [0.2, 0.25) is 0 Å². The van der Waals surface area contributed by atoms with E-state index in [1.807, 2.05) is 12.1 Å². The van der Waals surface area contributed by atoms with Gasteiger partial charge in [0, 0.05) is 24.7 Å². The van der Waals surface area contributed by atoms with E-state index in [4.69, 9.17) is 9.84 Å². The molecule has 16 heavy (non-hydrogen) atoms. The van der Waals surface area contributed by atoms with Gasteiger partial charge >= 0.3 is 0 Å². The molecule has 0 unspecified atom stereocenters. The van der Waals surface area contributed by atoms with Crippen molar-refractivity contribution >= 4 is 10.9 Å². The summed E-state index contributed by atoms with van der Waals surface area (Å²) in [5.74, 6) is 0.883. The van der Waals surface area contributed by atoms with Gasteiger partial charge in [-0.15, -0.1) is 0 Å². The normalized spacial score (nSPS) is 10.9. The van der Waals surface area contributed by atoms with Crippen LogP contribution in [0.5, 0.6) is 5.75 Å². The van der Waals surface area contributed by atoms with Crippen molar-refractivity contribution in [3.63, 3.8) is 0 Å². The highest BCUT2D eigenvalue weighted by atomic mass is 16.5. The quantitative estimate of drug-likeness (QED) is 0.855. The first-order valence-electron chi connectivity index (χ1n) is 5.57. The summed E-state index contributed by atoms with van der Waals surface area (Å²) in [6.07, 6.45) is 2.77. The van der Waals surface area contributed by atoms with Gasteiger partial charge in [-0.2, -0.15) is 0 Å². The van der Waals surface area contributed by atoms with Gasteiger partial charge in [-0.05, 0) is 31.0 Å². The molecule has 0 aliphatic rings. The number of rotatable bonds is 4. The average molecular weight is 219 g/mol. The van der Waals surface area contributed by atoms with E-state index < -0.39 is 0 Å². The second-order valence-corrected chi connectivity index (χ2v) is 3.77. The molecule has 2 rings (SSSR count). The highest BCUT2D eigenvalue weighted by molar-refractivity contribution is 5.90. The number of aromatic nitrogens is 1. The molecule has 86 valence electrons. The number of nitrogens with zero attached hydrogens (tertiary/aromatic N) is 1. The maximum absolute atomic E-state index is 9.07. The Kier molecular flexibility index (Phi) is 3.15. The van der Waals surface area contributed by atoms with Crippen LogP contribution in [0.3, 0.4) is 0 Å². The van der Waals surface area contributed by atoms with Gasteiger partial charge < -0.3 is 14.4 Å². The third-order valence-corrected chi connectivity index (χ3v) is 2.89. The molecule has 0 saturated heterocycles. The molecule has 1 heterocycles. The molecule has 1 aromatic carbocycles. The molecule has 0 amide bonds. The Hall–Kier alpha value is -1.48. The third kappa shape index (κ3) is 1.67. The van der Waals surface area contributed by atoms with Crippen LogP contribution < -0.4 is 4.74 Å². The average Bonchev–Trinajstić information content (AvgIpc) is 2.68. The van der Waals surface area contributed by atoms with Crippen LogP contribution in [-0.4, -0.2) is 23.4 Å². The minimum absolute atomic E-state index is 0.168. The van der Waals surface area contributed by atoms with Crippen LogP contribution in [0, 0.1) is 0 Å². The van der Waals surface area contributed by atoms with Crippen molar-refractivity contribution in [2.45, 2.75) is 19.9 Å². The summed E-state index contributed by atoms with van der Waals surface area (Å²) in [6.45, 7) is 3.21. The van der Waals surface area contributed by atoms with Crippen molar-refractivity contribution in [1.29, 1.82) is 0 Å². The van der Waals surface area contributed by atoms with E-state index in [1.54, 1.807) is 7.11 Å². The molecule has 2 aromatic rings. The van der Waals surface area contributed by atoms with Gasteiger partial charge in [0.1, 0.15) is 5.75 Å². The Balaban J connectivity index is 2.69. The van der Waals surface area contributed by atoms with E-state index >= 15 is 0 Å². The Morgan fingerprint density at radius 1 is 1.38 bits per heavy atom. The molecule has 3 heteroatoms. The van der Waals surface area contributed by atoms with Crippen LogP contribution in [0.15, 0.2) is 24.4 Å². The zero-order valence-electron chi connectivity index (χ0n) is 9.73. The molecule has 0 radical (unpaired) electrons. The SMILES string of the molecule is CCn1cc(CCO)c2c(OC)cccc21. The first-order chi connectivity index (χ1) is 7.81. The van der Waals surface area contributed by atoms with E-state index in [0.717, 1.165) is 23.2 Å². The first kappa shape index (κ1) is 11.0. The fourth-order valence-electron chi connectivity index (χ4n) is 2.15. The maximum Gasteiger partial charge on any atom is 0.128 e.